The van der Waals surface area contributed by atoms with Crippen molar-refractivity contribution < 1.29 is 24.2 Å². The zero-order valence-electron chi connectivity index (χ0n) is 13.5. The van der Waals surface area contributed by atoms with Crippen LogP contribution < -0.4 is 0 Å². The van der Waals surface area contributed by atoms with Crippen LogP contribution in [-0.2, 0) is 31.1 Å². The van der Waals surface area contributed by atoms with Crippen LogP contribution in [0.3, 0.4) is 0 Å². The molecule has 1 aromatic rings. The van der Waals surface area contributed by atoms with Crippen molar-refractivity contribution >= 4 is 11.9 Å². The maximum absolute atomic E-state index is 12.5. The summed E-state index contributed by atoms with van der Waals surface area (Å²) in [5.41, 5.74) is -0.670. The van der Waals surface area contributed by atoms with Crippen molar-refractivity contribution in [3.05, 3.63) is 35.4 Å². The van der Waals surface area contributed by atoms with Crippen LogP contribution >= 0.6 is 0 Å². The average Bonchev–Trinajstić information content (AvgIpc) is 2.96. The van der Waals surface area contributed by atoms with E-state index in [0.29, 0.717) is 6.42 Å². The summed E-state index contributed by atoms with van der Waals surface area (Å²) in [7, 11) is 0. The van der Waals surface area contributed by atoms with E-state index < -0.39 is 23.0 Å². The molecule has 2 aliphatic rings. The minimum absolute atomic E-state index is 0.0271. The third-order valence-corrected chi connectivity index (χ3v) is 5.12. The number of hydrogen-bond donors (Lipinski definition) is 1. The van der Waals surface area contributed by atoms with E-state index >= 15 is 0 Å². The summed E-state index contributed by atoms with van der Waals surface area (Å²) in [5, 5.41) is 11.2. The van der Waals surface area contributed by atoms with Gasteiger partial charge in [0.05, 0.1) is 18.8 Å². The Morgan fingerprint density at radius 3 is 2.39 bits per heavy atom. The molecule has 0 aromatic heterocycles. The fraction of sp³-hybridized carbons (Fsp3) is 0.556. The molecule has 2 unspecified atom stereocenters. The predicted octanol–water partition coefficient (Wildman–Crippen LogP) is 1.95. The quantitative estimate of drug-likeness (QED) is 0.678. The van der Waals surface area contributed by atoms with Crippen molar-refractivity contribution in [1.29, 1.82) is 0 Å². The van der Waals surface area contributed by atoms with Gasteiger partial charge in [0.25, 0.3) is 0 Å². The molecule has 1 fully saturated rings. The van der Waals surface area contributed by atoms with Crippen molar-refractivity contribution in [3.63, 3.8) is 0 Å². The summed E-state index contributed by atoms with van der Waals surface area (Å²) in [6.07, 6.45) is 0.947. The maximum Gasteiger partial charge on any atom is 0.323 e. The number of ether oxygens (including phenoxy) is 2. The zero-order valence-corrected chi connectivity index (χ0v) is 13.5. The number of carbonyl (C=O) groups excluding carboxylic acids is 2. The number of carbonyl (C=O) groups is 2. The lowest BCUT2D eigenvalue weighted by Crippen LogP contribution is -2.41. The lowest BCUT2D eigenvalue weighted by atomic mass is 9.82. The van der Waals surface area contributed by atoms with Crippen LogP contribution in [0.4, 0.5) is 0 Å². The van der Waals surface area contributed by atoms with E-state index in [1.807, 2.05) is 24.3 Å². The van der Waals surface area contributed by atoms with Gasteiger partial charge in [-0.25, -0.2) is 0 Å². The molecule has 0 heterocycles. The van der Waals surface area contributed by atoms with Crippen LogP contribution in [-0.4, -0.2) is 30.3 Å². The molecule has 0 aliphatic heterocycles. The van der Waals surface area contributed by atoms with Gasteiger partial charge in [-0.15, -0.1) is 0 Å². The minimum atomic E-state index is -1.40. The fourth-order valence-electron chi connectivity index (χ4n) is 4.14. The van der Waals surface area contributed by atoms with Crippen LogP contribution in [0.2, 0.25) is 0 Å². The molecule has 0 radical (unpaired) electrons. The van der Waals surface area contributed by atoms with Gasteiger partial charge in [-0.3, -0.25) is 9.59 Å². The number of rotatable bonds is 4. The predicted molar refractivity (Wildman–Crippen MR) is 82.5 cm³/mol. The van der Waals surface area contributed by atoms with Gasteiger partial charge in [0.1, 0.15) is 0 Å². The average molecular weight is 318 g/mol. The van der Waals surface area contributed by atoms with E-state index in [9.17, 15) is 14.7 Å². The molecule has 5 heteroatoms. The van der Waals surface area contributed by atoms with Crippen molar-refractivity contribution in [2.75, 3.05) is 13.2 Å². The van der Waals surface area contributed by atoms with Gasteiger partial charge in [-0.05, 0) is 43.7 Å². The molecule has 2 atom stereocenters. The van der Waals surface area contributed by atoms with Crippen LogP contribution in [0.15, 0.2) is 24.3 Å². The van der Waals surface area contributed by atoms with Gasteiger partial charge >= 0.3 is 11.9 Å². The summed E-state index contributed by atoms with van der Waals surface area (Å²) in [4.78, 5) is 25.1. The first-order valence-electron chi connectivity index (χ1n) is 8.13. The highest BCUT2D eigenvalue weighted by Crippen LogP contribution is 2.59. The normalized spacial score (nSPS) is 27.2. The highest BCUT2D eigenvalue weighted by atomic mass is 16.6. The van der Waals surface area contributed by atoms with Gasteiger partial charge in [0.2, 0.25) is 0 Å². The molecule has 0 spiro atoms. The van der Waals surface area contributed by atoms with Gasteiger partial charge in [-0.1, -0.05) is 24.3 Å². The Labute approximate surface area is 135 Å². The second-order valence-electron chi connectivity index (χ2n) is 6.39. The second kappa shape index (κ2) is 5.64. The highest BCUT2D eigenvalue weighted by Gasteiger charge is 2.65. The SMILES string of the molecule is CCOC(=O)C1(C(=O)OCC)CC2Cc3ccccc3C2(O)C1. The van der Waals surface area contributed by atoms with Crippen LogP contribution in [0.5, 0.6) is 0 Å². The highest BCUT2D eigenvalue weighted by molar-refractivity contribution is 6.00. The van der Waals surface area contributed by atoms with E-state index in [4.69, 9.17) is 9.47 Å². The molecular weight excluding hydrogens is 296 g/mol. The first-order chi connectivity index (χ1) is 11.0. The topological polar surface area (TPSA) is 72.8 Å². The van der Waals surface area contributed by atoms with Gasteiger partial charge in [-0.2, -0.15) is 0 Å². The van der Waals surface area contributed by atoms with E-state index in [1.54, 1.807) is 13.8 Å². The van der Waals surface area contributed by atoms with Crippen molar-refractivity contribution in [1.82, 2.24) is 0 Å². The monoisotopic (exact) mass is 318 g/mol. The van der Waals surface area contributed by atoms with Gasteiger partial charge < -0.3 is 14.6 Å². The number of hydrogen-bond acceptors (Lipinski definition) is 5. The summed E-state index contributed by atoms with van der Waals surface area (Å²) in [5.74, 6) is -1.34. The van der Waals surface area contributed by atoms with Gasteiger partial charge in [0, 0.05) is 6.42 Å². The molecule has 0 bridgehead atoms. The van der Waals surface area contributed by atoms with Crippen LogP contribution in [0.25, 0.3) is 0 Å². The van der Waals surface area contributed by atoms with E-state index in [2.05, 4.69) is 0 Å². The lowest BCUT2D eigenvalue weighted by Gasteiger charge is -2.27. The van der Waals surface area contributed by atoms with Crippen molar-refractivity contribution in [2.45, 2.75) is 38.7 Å². The molecule has 1 saturated carbocycles. The first-order valence-corrected chi connectivity index (χ1v) is 8.13. The summed E-state index contributed by atoms with van der Waals surface area (Å²) < 4.78 is 10.3. The molecule has 3 rings (SSSR count). The smallest absolute Gasteiger partial charge is 0.323 e. The number of fused-ring (bicyclic) bond motifs is 3. The summed E-state index contributed by atoms with van der Waals surface area (Å²) >= 11 is 0. The fourth-order valence-corrected chi connectivity index (χ4v) is 4.14. The molecule has 1 aromatic carbocycles. The molecular formula is C18H22O5. The third kappa shape index (κ3) is 2.26. The van der Waals surface area contributed by atoms with Crippen molar-refractivity contribution in [3.8, 4) is 0 Å². The Balaban J connectivity index is 2.00. The third-order valence-electron chi connectivity index (χ3n) is 5.12. The molecule has 5 nitrogen and oxygen atoms in total. The Morgan fingerprint density at radius 2 is 1.78 bits per heavy atom. The maximum atomic E-state index is 12.5. The minimum Gasteiger partial charge on any atom is -0.465 e. The van der Waals surface area contributed by atoms with E-state index in [-0.39, 0.29) is 32.0 Å². The second-order valence-corrected chi connectivity index (χ2v) is 6.39. The number of benzene rings is 1. The van der Waals surface area contributed by atoms with Crippen molar-refractivity contribution in [2.24, 2.45) is 11.3 Å². The largest absolute Gasteiger partial charge is 0.465 e. The summed E-state index contributed by atoms with van der Waals surface area (Å²) in [6.45, 7) is 3.80. The molecule has 1 N–H and O–H groups in total. The number of aliphatic hydroxyl groups is 1. The van der Waals surface area contributed by atoms with Crippen LogP contribution in [0, 0.1) is 11.3 Å². The molecule has 0 saturated heterocycles. The molecule has 23 heavy (non-hydrogen) atoms. The summed E-state index contributed by atoms with van der Waals surface area (Å²) in [6, 6.07) is 7.67. The Morgan fingerprint density at radius 1 is 1.17 bits per heavy atom. The molecule has 2 aliphatic carbocycles. The Hall–Kier alpha value is -1.88. The lowest BCUT2D eigenvalue weighted by molar-refractivity contribution is -0.173. The van der Waals surface area contributed by atoms with E-state index in [0.717, 1.165) is 11.1 Å². The Bertz CT molecular complexity index is 620. The standard InChI is InChI=1S/C18H22O5/c1-3-22-15(19)17(16(20)23-4-2)10-13-9-12-7-5-6-8-14(12)18(13,21)11-17/h5-8,13,21H,3-4,9-11H2,1-2H3. The van der Waals surface area contributed by atoms with Crippen LogP contribution in [0.1, 0.15) is 37.8 Å². The molecule has 0 amide bonds. The Kier molecular flexibility index (Phi) is 3.92. The van der Waals surface area contributed by atoms with E-state index in [1.165, 1.54) is 0 Å². The first kappa shape index (κ1) is 16.0. The zero-order chi connectivity index (χ0) is 16.7. The van der Waals surface area contributed by atoms with Gasteiger partial charge in [0.15, 0.2) is 5.41 Å². The number of esters is 2. The molecule has 124 valence electrons.